The van der Waals surface area contributed by atoms with Gasteiger partial charge in [-0.25, -0.2) is 4.79 Å². The minimum absolute atomic E-state index is 0.00144. The fraction of sp³-hybridized carbons (Fsp3) is 0.400. The Balaban J connectivity index is 1.36. The number of morpholine rings is 1. The van der Waals surface area contributed by atoms with Gasteiger partial charge in [-0.3, -0.25) is 4.79 Å². The first-order valence-corrected chi connectivity index (χ1v) is 13.1. The number of carboxylic acids is 1. The molecule has 3 aromatic rings. The molecule has 38 heavy (non-hydrogen) atoms. The first-order chi connectivity index (χ1) is 18.3. The molecule has 1 amide bonds. The number of hydrogen-bond acceptors (Lipinski definition) is 6. The molecule has 8 nitrogen and oxygen atoms in total. The van der Waals surface area contributed by atoms with Crippen LogP contribution in [0.5, 0.6) is 17.2 Å². The number of amides is 1. The lowest BCUT2D eigenvalue weighted by molar-refractivity contribution is 0.0299. The first-order valence-electron chi connectivity index (χ1n) is 13.1. The van der Waals surface area contributed by atoms with Crippen molar-refractivity contribution in [1.29, 1.82) is 0 Å². The van der Waals surface area contributed by atoms with Gasteiger partial charge in [0.2, 0.25) is 0 Å². The standard InChI is InChI=1S/C30H33NO7/c1-30(2)11-10-23-25(28(32)31-12-16-35-17-13-31)19-24-22(27(23)38-30)8-4-9-26(24)37-15-5-14-36-21-7-3-6-20(18-21)29(33)34/h3-4,6-9,18-19H,5,10-17H2,1-2H3,(H,33,34). The number of fused-ring (bicyclic) bond motifs is 3. The summed E-state index contributed by atoms with van der Waals surface area (Å²) in [5.41, 5.74) is 1.49. The Bertz CT molecular complexity index is 1340. The van der Waals surface area contributed by atoms with E-state index in [4.69, 9.17) is 24.1 Å². The van der Waals surface area contributed by atoms with Gasteiger partial charge in [-0.2, -0.15) is 0 Å². The summed E-state index contributed by atoms with van der Waals surface area (Å²) < 4.78 is 23.8. The van der Waals surface area contributed by atoms with E-state index < -0.39 is 5.97 Å². The molecule has 0 saturated carbocycles. The molecule has 1 saturated heterocycles. The number of ether oxygens (including phenoxy) is 4. The van der Waals surface area contributed by atoms with Crippen molar-refractivity contribution in [2.75, 3.05) is 39.5 Å². The Kier molecular flexibility index (Phi) is 7.42. The van der Waals surface area contributed by atoms with Crippen molar-refractivity contribution in [3.63, 3.8) is 0 Å². The second-order valence-corrected chi connectivity index (χ2v) is 10.2. The molecule has 200 valence electrons. The van der Waals surface area contributed by atoms with Crippen molar-refractivity contribution in [3.8, 4) is 17.2 Å². The van der Waals surface area contributed by atoms with Crippen LogP contribution in [0.1, 0.15) is 53.0 Å². The fourth-order valence-electron chi connectivity index (χ4n) is 4.93. The highest BCUT2D eigenvalue weighted by atomic mass is 16.5. The number of carbonyl (C=O) groups excluding carboxylic acids is 1. The lowest BCUT2D eigenvalue weighted by Crippen LogP contribution is -2.41. The van der Waals surface area contributed by atoms with Crippen LogP contribution in [0.4, 0.5) is 0 Å². The average Bonchev–Trinajstić information content (AvgIpc) is 2.92. The number of rotatable bonds is 8. The van der Waals surface area contributed by atoms with Gasteiger partial charge >= 0.3 is 5.97 Å². The average molecular weight is 520 g/mol. The fourth-order valence-corrected chi connectivity index (χ4v) is 4.93. The molecule has 0 radical (unpaired) electrons. The third-order valence-electron chi connectivity index (χ3n) is 6.98. The van der Waals surface area contributed by atoms with Gasteiger partial charge in [-0.05, 0) is 57.0 Å². The maximum Gasteiger partial charge on any atom is 0.335 e. The normalized spacial score (nSPS) is 16.4. The molecule has 0 spiro atoms. The lowest BCUT2D eigenvalue weighted by Gasteiger charge is -2.35. The number of benzene rings is 3. The molecular weight excluding hydrogens is 486 g/mol. The van der Waals surface area contributed by atoms with Gasteiger partial charge in [0.25, 0.3) is 5.91 Å². The van der Waals surface area contributed by atoms with Gasteiger partial charge in [-0.1, -0.05) is 18.2 Å². The second kappa shape index (κ2) is 10.9. The molecule has 0 atom stereocenters. The maximum atomic E-state index is 13.6. The highest BCUT2D eigenvalue weighted by molar-refractivity contribution is 6.05. The summed E-state index contributed by atoms with van der Waals surface area (Å²) >= 11 is 0. The van der Waals surface area contributed by atoms with Crippen LogP contribution in [0.15, 0.2) is 48.5 Å². The number of aromatic carboxylic acids is 1. The van der Waals surface area contributed by atoms with Gasteiger partial charge in [0.05, 0.1) is 32.0 Å². The molecule has 0 unspecified atom stereocenters. The summed E-state index contributed by atoms with van der Waals surface area (Å²) in [6, 6.07) is 14.2. The number of nitrogens with zero attached hydrogens (tertiary/aromatic N) is 1. The van der Waals surface area contributed by atoms with Crippen molar-refractivity contribution in [1.82, 2.24) is 4.90 Å². The van der Waals surface area contributed by atoms with Crippen LogP contribution < -0.4 is 14.2 Å². The third kappa shape index (κ3) is 5.55. The summed E-state index contributed by atoms with van der Waals surface area (Å²) in [7, 11) is 0. The minimum Gasteiger partial charge on any atom is -0.493 e. The monoisotopic (exact) mass is 519 g/mol. The van der Waals surface area contributed by atoms with Crippen molar-refractivity contribution in [2.45, 2.75) is 38.7 Å². The number of carbonyl (C=O) groups is 2. The van der Waals surface area contributed by atoms with Crippen molar-refractivity contribution >= 4 is 22.6 Å². The summed E-state index contributed by atoms with van der Waals surface area (Å²) in [5.74, 6) is 0.966. The maximum absolute atomic E-state index is 13.6. The highest BCUT2D eigenvalue weighted by Gasteiger charge is 2.33. The molecule has 1 fully saturated rings. The quantitative estimate of drug-likeness (QED) is 0.420. The van der Waals surface area contributed by atoms with E-state index in [2.05, 4.69) is 13.8 Å². The highest BCUT2D eigenvalue weighted by Crippen LogP contribution is 2.43. The second-order valence-electron chi connectivity index (χ2n) is 10.2. The molecule has 0 aliphatic carbocycles. The lowest BCUT2D eigenvalue weighted by atomic mass is 9.88. The molecule has 8 heteroatoms. The molecular formula is C30H33NO7. The van der Waals surface area contributed by atoms with Crippen LogP contribution in [0.2, 0.25) is 0 Å². The largest absolute Gasteiger partial charge is 0.493 e. The molecule has 1 N–H and O–H groups in total. The number of carboxylic acid groups (broad SMARTS) is 1. The van der Waals surface area contributed by atoms with Crippen molar-refractivity contribution < 1.29 is 33.6 Å². The van der Waals surface area contributed by atoms with Crippen LogP contribution in [0, 0.1) is 0 Å². The Morgan fingerprint density at radius 1 is 1.00 bits per heavy atom. The molecule has 2 aliphatic rings. The van der Waals surface area contributed by atoms with E-state index in [1.807, 2.05) is 29.2 Å². The summed E-state index contributed by atoms with van der Waals surface area (Å²) in [6.07, 6.45) is 2.21. The topological polar surface area (TPSA) is 94.5 Å². The summed E-state index contributed by atoms with van der Waals surface area (Å²) in [4.78, 5) is 26.6. The predicted octanol–water partition coefficient (Wildman–Crippen LogP) is 4.96. The zero-order valence-corrected chi connectivity index (χ0v) is 21.8. The summed E-state index contributed by atoms with van der Waals surface area (Å²) in [6.45, 7) is 7.16. The zero-order valence-electron chi connectivity index (χ0n) is 21.8. The summed E-state index contributed by atoms with van der Waals surface area (Å²) in [5, 5.41) is 10.9. The first kappa shape index (κ1) is 25.9. The zero-order chi connectivity index (χ0) is 26.7. The van der Waals surface area contributed by atoms with Gasteiger partial charge in [-0.15, -0.1) is 0 Å². The Morgan fingerprint density at radius 3 is 2.55 bits per heavy atom. The van der Waals surface area contributed by atoms with E-state index in [9.17, 15) is 9.59 Å². The molecule has 5 rings (SSSR count). The van der Waals surface area contributed by atoms with Crippen LogP contribution in [0.25, 0.3) is 10.8 Å². The molecule has 0 aromatic heterocycles. The van der Waals surface area contributed by atoms with Gasteiger partial charge < -0.3 is 29.0 Å². The number of hydrogen-bond donors (Lipinski definition) is 1. The van der Waals surface area contributed by atoms with Crippen LogP contribution >= 0.6 is 0 Å². The van der Waals surface area contributed by atoms with Crippen LogP contribution in [-0.2, 0) is 11.2 Å². The third-order valence-corrected chi connectivity index (χ3v) is 6.98. The Labute approximate surface area is 222 Å². The van der Waals surface area contributed by atoms with Crippen LogP contribution in [-0.4, -0.2) is 67.0 Å². The van der Waals surface area contributed by atoms with E-state index in [-0.39, 0.29) is 17.1 Å². The van der Waals surface area contributed by atoms with Gasteiger partial charge in [0.15, 0.2) is 0 Å². The van der Waals surface area contributed by atoms with Crippen LogP contribution in [0.3, 0.4) is 0 Å². The predicted molar refractivity (Wildman–Crippen MR) is 143 cm³/mol. The van der Waals surface area contributed by atoms with E-state index >= 15 is 0 Å². The molecule has 2 heterocycles. The van der Waals surface area contributed by atoms with Crippen molar-refractivity contribution in [3.05, 3.63) is 65.2 Å². The Hall–Kier alpha value is -3.78. The van der Waals surface area contributed by atoms with E-state index in [1.165, 1.54) is 12.1 Å². The minimum atomic E-state index is -0.990. The molecule has 0 bridgehead atoms. The molecule has 3 aromatic carbocycles. The SMILES string of the molecule is CC1(C)CCc2c(C(=O)N3CCOCC3)cc3c(OCCCOc4cccc(C(=O)O)c4)cccc3c2O1. The smallest absolute Gasteiger partial charge is 0.335 e. The van der Waals surface area contributed by atoms with E-state index in [0.717, 1.165) is 34.9 Å². The van der Waals surface area contributed by atoms with Gasteiger partial charge in [0.1, 0.15) is 22.8 Å². The van der Waals surface area contributed by atoms with E-state index in [0.29, 0.717) is 63.0 Å². The molecule has 2 aliphatic heterocycles. The van der Waals surface area contributed by atoms with Crippen molar-refractivity contribution in [2.24, 2.45) is 0 Å². The van der Waals surface area contributed by atoms with E-state index in [1.54, 1.807) is 12.1 Å². The Morgan fingerprint density at radius 2 is 1.76 bits per heavy atom. The van der Waals surface area contributed by atoms with Gasteiger partial charge in [0, 0.05) is 41.4 Å².